The molecule has 6 nitrogen and oxygen atoms in total. The van der Waals surface area contributed by atoms with Crippen molar-refractivity contribution < 1.29 is 14.0 Å². The number of amides is 3. The summed E-state index contributed by atoms with van der Waals surface area (Å²) in [6.45, 7) is 1.35. The van der Waals surface area contributed by atoms with Crippen molar-refractivity contribution in [2.45, 2.75) is 51.0 Å². The van der Waals surface area contributed by atoms with E-state index < -0.39 is 5.82 Å². The van der Waals surface area contributed by atoms with Crippen molar-refractivity contribution in [3.05, 3.63) is 30.1 Å². The second-order valence-electron chi connectivity index (χ2n) is 7.94. The lowest BCUT2D eigenvalue weighted by atomic mass is 9.83. The molecule has 3 amide bonds. The van der Waals surface area contributed by atoms with Gasteiger partial charge in [0.1, 0.15) is 5.82 Å². The SMILES string of the molecule is NCC(NC(=O)C1CCCN(C(=O)Nc2ccccc2F)C1)C1CCCCC1. The fourth-order valence-electron chi connectivity index (χ4n) is 4.34. The van der Waals surface area contributed by atoms with E-state index in [1.807, 2.05) is 0 Å². The number of nitrogens with one attached hydrogen (secondary N) is 2. The molecule has 0 bridgehead atoms. The van der Waals surface area contributed by atoms with Crippen LogP contribution in [0.3, 0.4) is 0 Å². The van der Waals surface area contributed by atoms with Gasteiger partial charge < -0.3 is 21.3 Å². The third-order valence-electron chi connectivity index (χ3n) is 6.00. The predicted octanol–water partition coefficient (Wildman–Crippen LogP) is 3.09. The quantitative estimate of drug-likeness (QED) is 0.722. The Labute approximate surface area is 166 Å². The minimum absolute atomic E-state index is 0.00965. The molecule has 154 valence electrons. The minimum atomic E-state index is -0.472. The molecule has 2 unspecified atom stereocenters. The summed E-state index contributed by atoms with van der Waals surface area (Å²) in [7, 11) is 0. The molecule has 1 aliphatic heterocycles. The molecule has 1 aliphatic carbocycles. The van der Waals surface area contributed by atoms with Gasteiger partial charge >= 0.3 is 6.03 Å². The molecular weight excluding hydrogens is 359 g/mol. The summed E-state index contributed by atoms with van der Waals surface area (Å²) >= 11 is 0. The monoisotopic (exact) mass is 390 g/mol. The number of benzene rings is 1. The summed E-state index contributed by atoms with van der Waals surface area (Å²) in [4.78, 5) is 26.9. The third kappa shape index (κ3) is 5.22. The van der Waals surface area contributed by atoms with Crippen LogP contribution in [-0.4, -0.2) is 42.5 Å². The number of anilines is 1. The number of rotatable bonds is 5. The topological polar surface area (TPSA) is 87.5 Å². The van der Waals surface area contributed by atoms with E-state index in [1.54, 1.807) is 17.0 Å². The highest BCUT2D eigenvalue weighted by atomic mass is 19.1. The van der Waals surface area contributed by atoms with E-state index in [0.29, 0.717) is 25.6 Å². The van der Waals surface area contributed by atoms with Crippen LogP contribution < -0.4 is 16.4 Å². The van der Waals surface area contributed by atoms with Crippen LogP contribution in [-0.2, 0) is 4.79 Å². The number of likely N-dealkylation sites (tertiary alicyclic amines) is 1. The largest absolute Gasteiger partial charge is 0.352 e. The van der Waals surface area contributed by atoms with Crippen molar-refractivity contribution in [1.29, 1.82) is 0 Å². The number of carbonyl (C=O) groups is 2. The number of hydrogen-bond acceptors (Lipinski definition) is 3. The van der Waals surface area contributed by atoms with Crippen molar-refractivity contribution in [2.24, 2.45) is 17.6 Å². The predicted molar refractivity (Wildman–Crippen MR) is 107 cm³/mol. The Kier molecular flexibility index (Phi) is 7.25. The second-order valence-corrected chi connectivity index (χ2v) is 7.94. The lowest BCUT2D eigenvalue weighted by molar-refractivity contribution is -0.127. The lowest BCUT2D eigenvalue weighted by Crippen LogP contribution is -2.52. The molecule has 1 aromatic carbocycles. The normalized spacial score (nSPS) is 21.8. The van der Waals surface area contributed by atoms with Gasteiger partial charge in [0.2, 0.25) is 5.91 Å². The number of para-hydroxylation sites is 1. The Morgan fingerprint density at radius 2 is 1.89 bits per heavy atom. The average molecular weight is 391 g/mol. The second kappa shape index (κ2) is 9.87. The highest BCUT2D eigenvalue weighted by molar-refractivity contribution is 5.90. The number of halogens is 1. The van der Waals surface area contributed by atoms with Gasteiger partial charge in [0.25, 0.3) is 0 Å². The molecule has 2 aliphatic rings. The average Bonchev–Trinajstić information content (AvgIpc) is 2.74. The van der Waals surface area contributed by atoms with Gasteiger partial charge in [-0.2, -0.15) is 0 Å². The molecule has 1 heterocycles. The van der Waals surface area contributed by atoms with E-state index in [2.05, 4.69) is 10.6 Å². The smallest absolute Gasteiger partial charge is 0.321 e. The van der Waals surface area contributed by atoms with Gasteiger partial charge in [-0.1, -0.05) is 31.4 Å². The number of nitrogens with two attached hydrogens (primary N) is 1. The molecule has 1 aromatic rings. The van der Waals surface area contributed by atoms with Gasteiger partial charge in [0, 0.05) is 25.7 Å². The zero-order chi connectivity index (χ0) is 19.9. The molecule has 0 radical (unpaired) electrons. The van der Waals surface area contributed by atoms with Crippen molar-refractivity contribution in [3.63, 3.8) is 0 Å². The Morgan fingerprint density at radius 1 is 1.14 bits per heavy atom. The minimum Gasteiger partial charge on any atom is -0.352 e. The van der Waals surface area contributed by atoms with E-state index in [9.17, 15) is 14.0 Å². The van der Waals surface area contributed by atoms with Gasteiger partial charge in [-0.3, -0.25) is 4.79 Å². The van der Waals surface area contributed by atoms with Crippen LogP contribution in [0.4, 0.5) is 14.9 Å². The van der Waals surface area contributed by atoms with Crippen LogP contribution in [0.5, 0.6) is 0 Å². The summed E-state index contributed by atoms with van der Waals surface area (Å²) in [6.07, 6.45) is 7.39. The lowest BCUT2D eigenvalue weighted by Gasteiger charge is -2.35. The summed E-state index contributed by atoms with van der Waals surface area (Å²) in [5.74, 6) is -0.297. The number of nitrogens with zero attached hydrogens (tertiary/aromatic N) is 1. The molecule has 1 saturated heterocycles. The third-order valence-corrected chi connectivity index (χ3v) is 6.00. The molecule has 3 rings (SSSR count). The standard InChI is InChI=1S/C21H31FN4O2/c22-17-10-4-5-11-18(17)25-21(28)26-12-6-9-16(14-26)20(27)24-19(13-23)15-7-2-1-3-8-15/h4-5,10-11,15-16,19H,1-3,6-9,12-14,23H2,(H,24,27)(H,25,28). The zero-order valence-corrected chi connectivity index (χ0v) is 16.3. The van der Waals surface area contributed by atoms with Crippen LogP contribution in [0.15, 0.2) is 24.3 Å². The highest BCUT2D eigenvalue weighted by Crippen LogP contribution is 2.27. The van der Waals surface area contributed by atoms with Gasteiger partial charge in [-0.05, 0) is 43.7 Å². The zero-order valence-electron chi connectivity index (χ0n) is 16.3. The number of piperidine rings is 1. The molecule has 2 fully saturated rings. The van der Waals surface area contributed by atoms with Crippen LogP contribution >= 0.6 is 0 Å². The number of urea groups is 1. The van der Waals surface area contributed by atoms with Crippen LogP contribution in [0.2, 0.25) is 0 Å². The first-order valence-electron chi connectivity index (χ1n) is 10.4. The van der Waals surface area contributed by atoms with Crippen molar-refractivity contribution in [2.75, 3.05) is 25.0 Å². The van der Waals surface area contributed by atoms with E-state index in [-0.39, 0.29) is 29.6 Å². The van der Waals surface area contributed by atoms with Crippen molar-refractivity contribution in [1.82, 2.24) is 10.2 Å². The van der Waals surface area contributed by atoms with Gasteiger partial charge in [0.05, 0.1) is 11.6 Å². The van der Waals surface area contributed by atoms with Gasteiger partial charge in [-0.25, -0.2) is 9.18 Å². The Hall–Kier alpha value is -2.15. The maximum absolute atomic E-state index is 13.8. The summed E-state index contributed by atoms with van der Waals surface area (Å²) in [5, 5.41) is 5.75. The maximum atomic E-state index is 13.8. The number of hydrogen-bond donors (Lipinski definition) is 3. The summed E-state index contributed by atoms with van der Waals surface area (Å²) in [6, 6.07) is 5.72. The number of carbonyl (C=O) groups excluding carboxylic acids is 2. The van der Waals surface area contributed by atoms with Crippen LogP contribution in [0, 0.1) is 17.7 Å². The first-order valence-corrected chi connectivity index (χ1v) is 10.4. The van der Waals surface area contributed by atoms with Crippen LogP contribution in [0.25, 0.3) is 0 Å². The Balaban J connectivity index is 1.55. The maximum Gasteiger partial charge on any atom is 0.321 e. The van der Waals surface area contributed by atoms with Crippen molar-refractivity contribution >= 4 is 17.6 Å². The highest BCUT2D eigenvalue weighted by Gasteiger charge is 2.31. The van der Waals surface area contributed by atoms with Gasteiger partial charge in [0.15, 0.2) is 0 Å². The van der Waals surface area contributed by atoms with E-state index in [0.717, 1.165) is 25.7 Å². The molecule has 28 heavy (non-hydrogen) atoms. The Morgan fingerprint density at radius 3 is 2.61 bits per heavy atom. The fourth-order valence-corrected chi connectivity index (χ4v) is 4.34. The molecule has 4 N–H and O–H groups in total. The summed E-state index contributed by atoms with van der Waals surface area (Å²) < 4.78 is 13.8. The van der Waals surface area contributed by atoms with Gasteiger partial charge in [-0.15, -0.1) is 0 Å². The molecule has 2 atom stereocenters. The van der Waals surface area contributed by atoms with Crippen molar-refractivity contribution in [3.8, 4) is 0 Å². The first-order chi connectivity index (χ1) is 13.6. The summed E-state index contributed by atoms with van der Waals surface area (Å²) in [5.41, 5.74) is 6.08. The molecule has 7 heteroatoms. The van der Waals surface area contributed by atoms with E-state index in [1.165, 1.54) is 31.4 Å². The fraction of sp³-hybridized carbons (Fsp3) is 0.619. The molecule has 1 saturated carbocycles. The van der Waals surface area contributed by atoms with Crippen LogP contribution in [0.1, 0.15) is 44.9 Å². The molecule has 0 spiro atoms. The molecular formula is C21H31FN4O2. The van der Waals surface area contributed by atoms with E-state index >= 15 is 0 Å². The van der Waals surface area contributed by atoms with E-state index in [4.69, 9.17) is 5.73 Å². The Bertz CT molecular complexity index is 678. The first kappa shape index (κ1) is 20.6. The molecule has 0 aromatic heterocycles.